The summed E-state index contributed by atoms with van der Waals surface area (Å²) in [4.78, 5) is 36.1. The molecule has 19 heavy (non-hydrogen) atoms. The van der Waals surface area contributed by atoms with E-state index in [1.807, 2.05) is 5.43 Å². The van der Waals surface area contributed by atoms with Crippen molar-refractivity contribution in [2.24, 2.45) is 5.10 Å². The monoisotopic (exact) mass is 263 g/mol. The van der Waals surface area contributed by atoms with Crippen LogP contribution in [0, 0.1) is 0 Å². The minimum absolute atomic E-state index is 0.0452. The van der Waals surface area contributed by atoms with Crippen LogP contribution >= 0.6 is 0 Å². The van der Waals surface area contributed by atoms with Crippen molar-refractivity contribution in [1.82, 2.24) is 10.4 Å². The largest absolute Gasteiger partial charge is 0.550 e. The Labute approximate surface area is 107 Å². The lowest BCUT2D eigenvalue weighted by atomic mass is 10.2. The molecule has 1 rings (SSSR count). The van der Waals surface area contributed by atoms with Crippen LogP contribution in [0.4, 0.5) is 0 Å². The third-order valence-electron chi connectivity index (χ3n) is 1.99. The number of hydrazone groups is 1. The standard InChI is InChI=1S/C11H11N3O5/c15-9(16)5-4-8(11(18)19)13-14-10(17)7-3-1-2-6-12-7/h1-3,6H,4-5H2,(H,14,17)(H,15,16)(H,18,19)/p-2/b13-8+. The predicted octanol–water partition coefficient (Wildman–Crippen LogP) is -2.55. The molecule has 0 aliphatic heterocycles. The first-order valence-corrected chi connectivity index (χ1v) is 5.20. The maximum absolute atomic E-state index is 11.5. The molecule has 0 saturated carbocycles. The number of hydrogen-bond acceptors (Lipinski definition) is 7. The fraction of sp³-hybridized carbons (Fsp3) is 0.182. The summed E-state index contributed by atoms with van der Waals surface area (Å²) in [5.74, 6) is -3.81. The van der Waals surface area contributed by atoms with Gasteiger partial charge in [-0.3, -0.25) is 9.78 Å². The van der Waals surface area contributed by atoms with Crippen LogP contribution in [0.15, 0.2) is 29.5 Å². The minimum Gasteiger partial charge on any atom is -0.550 e. The second-order valence-electron chi connectivity index (χ2n) is 3.37. The van der Waals surface area contributed by atoms with E-state index in [-0.39, 0.29) is 5.69 Å². The Morgan fingerprint density at radius 2 is 1.95 bits per heavy atom. The van der Waals surface area contributed by atoms with Crippen molar-refractivity contribution in [3.63, 3.8) is 0 Å². The van der Waals surface area contributed by atoms with Crippen LogP contribution in [-0.2, 0) is 9.59 Å². The molecule has 8 heteroatoms. The number of carboxylic acids is 2. The molecule has 0 saturated heterocycles. The molecule has 0 unspecified atom stereocenters. The number of carbonyl (C=O) groups excluding carboxylic acids is 3. The number of nitrogens with one attached hydrogen (secondary N) is 1. The van der Waals surface area contributed by atoms with Crippen molar-refractivity contribution in [3.05, 3.63) is 30.1 Å². The van der Waals surface area contributed by atoms with E-state index in [0.29, 0.717) is 0 Å². The van der Waals surface area contributed by atoms with Gasteiger partial charge in [-0.1, -0.05) is 6.07 Å². The first-order valence-electron chi connectivity index (χ1n) is 5.20. The number of aromatic nitrogens is 1. The molecule has 1 aromatic heterocycles. The van der Waals surface area contributed by atoms with Crippen LogP contribution < -0.4 is 15.6 Å². The van der Waals surface area contributed by atoms with Crippen LogP contribution in [0.5, 0.6) is 0 Å². The van der Waals surface area contributed by atoms with Crippen molar-refractivity contribution in [2.75, 3.05) is 0 Å². The topological polar surface area (TPSA) is 135 Å². The summed E-state index contributed by atoms with van der Waals surface area (Å²) in [7, 11) is 0. The maximum atomic E-state index is 11.5. The molecular weight excluding hydrogens is 254 g/mol. The summed E-state index contributed by atoms with van der Waals surface area (Å²) < 4.78 is 0. The molecule has 0 fully saturated rings. The molecule has 1 N–H and O–H groups in total. The Balaban J connectivity index is 2.68. The Morgan fingerprint density at radius 3 is 2.47 bits per heavy atom. The van der Waals surface area contributed by atoms with Gasteiger partial charge in [0.1, 0.15) is 5.69 Å². The van der Waals surface area contributed by atoms with E-state index in [1.54, 1.807) is 12.1 Å². The number of nitrogens with zero attached hydrogens (tertiary/aromatic N) is 2. The second-order valence-corrected chi connectivity index (χ2v) is 3.37. The number of amides is 1. The highest BCUT2D eigenvalue weighted by molar-refractivity contribution is 6.34. The zero-order valence-electron chi connectivity index (χ0n) is 9.66. The molecule has 1 heterocycles. The summed E-state index contributed by atoms with van der Waals surface area (Å²) in [6.07, 6.45) is 0.438. The summed E-state index contributed by atoms with van der Waals surface area (Å²) in [5, 5.41) is 24.1. The fourth-order valence-electron chi connectivity index (χ4n) is 1.10. The second kappa shape index (κ2) is 6.84. The molecule has 0 spiro atoms. The molecule has 0 radical (unpaired) electrons. The fourth-order valence-corrected chi connectivity index (χ4v) is 1.10. The first kappa shape index (κ1) is 14.3. The highest BCUT2D eigenvalue weighted by Gasteiger charge is 2.06. The van der Waals surface area contributed by atoms with Crippen molar-refractivity contribution in [3.8, 4) is 0 Å². The van der Waals surface area contributed by atoms with E-state index < -0.39 is 36.4 Å². The Hall–Kier alpha value is -2.77. The van der Waals surface area contributed by atoms with Crippen LogP contribution in [0.1, 0.15) is 23.3 Å². The van der Waals surface area contributed by atoms with E-state index in [2.05, 4.69) is 10.1 Å². The molecule has 0 atom stereocenters. The van der Waals surface area contributed by atoms with Crippen LogP contribution in [-0.4, -0.2) is 28.5 Å². The van der Waals surface area contributed by atoms with E-state index in [9.17, 15) is 24.6 Å². The van der Waals surface area contributed by atoms with Gasteiger partial charge < -0.3 is 19.8 Å². The molecule has 0 aliphatic carbocycles. The molecule has 100 valence electrons. The smallest absolute Gasteiger partial charge is 0.289 e. The molecule has 0 aliphatic rings. The number of rotatable bonds is 6. The Kier molecular flexibility index (Phi) is 5.15. The van der Waals surface area contributed by atoms with Crippen LogP contribution in [0.2, 0.25) is 0 Å². The quantitative estimate of drug-likeness (QED) is 0.443. The van der Waals surface area contributed by atoms with Crippen molar-refractivity contribution in [1.29, 1.82) is 0 Å². The van der Waals surface area contributed by atoms with Gasteiger partial charge in [-0.05, 0) is 25.0 Å². The molecule has 1 amide bonds. The number of carbonyl (C=O) groups is 3. The van der Waals surface area contributed by atoms with Gasteiger partial charge in [0.15, 0.2) is 0 Å². The highest BCUT2D eigenvalue weighted by atomic mass is 16.4. The average molecular weight is 263 g/mol. The summed E-state index contributed by atoms with van der Waals surface area (Å²) in [6, 6.07) is 4.58. The van der Waals surface area contributed by atoms with E-state index in [1.165, 1.54) is 12.3 Å². The highest BCUT2D eigenvalue weighted by Crippen LogP contribution is 1.95. The summed E-state index contributed by atoms with van der Waals surface area (Å²) in [5.41, 5.74) is 1.41. The van der Waals surface area contributed by atoms with Gasteiger partial charge in [-0.2, -0.15) is 5.10 Å². The van der Waals surface area contributed by atoms with E-state index in [0.717, 1.165) is 0 Å². The summed E-state index contributed by atoms with van der Waals surface area (Å²) >= 11 is 0. The third-order valence-corrected chi connectivity index (χ3v) is 1.99. The number of pyridine rings is 1. The van der Waals surface area contributed by atoms with Gasteiger partial charge in [-0.25, -0.2) is 5.43 Å². The van der Waals surface area contributed by atoms with E-state index >= 15 is 0 Å². The maximum Gasteiger partial charge on any atom is 0.289 e. The number of hydrogen-bond donors (Lipinski definition) is 1. The molecular formula is C11H9N3O5-2. The van der Waals surface area contributed by atoms with Crippen LogP contribution in [0.25, 0.3) is 0 Å². The van der Waals surface area contributed by atoms with Gasteiger partial charge in [0.25, 0.3) is 5.91 Å². The van der Waals surface area contributed by atoms with Gasteiger partial charge in [0.05, 0.1) is 11.7 Å². The third kappa shape index (κ3) is 4.94. The first-order chi connectivity index (χ1) is 9.00. The number of aliphatic carboxylic acids is 2. The molecule has 1 aromatic rings. The zero-order valence-corrected chi connectivity index (χ0v) is 9.66. The SMILES string of the molecule is O=C([O-])CC/C(=N\NC(=O)c1ccccn1)C(=O)[O-]. The minimum atomic E-state index is -1.66. The van der Waals surface area contributed by atoms with Crippen LogP contribution in [0.3, 0.4) is 0 Å². The van der Waals surface area contributed by atoms with Gasteiger partial charge in [0, 0.05) is 12.2 Å². The lowest BCUT2D eigenvalue weighted by Crippen LogP contribution is -2.35. The Bertz CT molecular complexity index is 512. The van der Waals surface area contributed by atoms with Gasteiger partial charge in [-0.15, -0.1) is 0 Å². The van der Waals surface area contributed by atoms with Crippen molar-refractivity contribution in [2.45, 2.75) is 12.8 Å². The lowest BCUT2D eigenvalue weighted by molar-refractivity contribution is -0.305. The van der Waals surface area contributed by atoms with E-state index in [4.69, 9.17) is 0 Å². The molecule has 0 aromatic carbocycles. The lowest BCUT2D eigenvalue weighted by Gasteiger charge is -2.08. The average Bonchev–Trinajstić information content (AvgIpc) is 2.38. The Morgan fingerprint density at radius 1 is 1.21 bits per heavy atom. The zero-order chi connectivity index (χ0) is 14.3. The molecule has 8 nitrogen and oxygen atoms in total. The molecule has 0 bridgehead atoms. The van der Waals surface area contributed by atoms with Gasteiger partial charge in [0.2, 0.25) is 0 Å². The van der Waals surface area contributed by atoms with Crippen molar-refractivity contribution < 1.29 is 24.6 Å². The predicted molar refractivity (Wildman–Crippen MR) is 58.4 cm³/mol. The van der Waals surface area contributed by atoms with Crippen molar-refractivity contribution >= 4 is 23.6 Å². The normalized spacial score (nSPS) is 10.8. The summed E-state index contributed by atoms with van der Waals surface area (Å²) in [6.45, 7) is 0. The number of carboxylic acid groups (broad SMARTS) is 2. The van der Waals surface area contributed by atoms with Gasteiger partial charge >= 0.3 is 0 Å².